The minimum absolute atomic E-state index is 0.0230. The van der Waals surface area contributed by atoms with E-state index in [0.29, 0.717) is 47.3 Å². The summed E-state index contributed by atoms with van der Waals surface area (Å²) in [5.41, 5.74) is 1.18. The van der Waals surface area contributed by atoms with Crippen molar-refractivity contribution in [1.29, 1.82) is 0 Å². The molecule has 27 heavy (non-hydrogen) atoms. The zero-order chi connectivity index (χ0) is 19.9. The van der Waals surface area contributed by atoms with Gasteiger partial charge in [0.2, 0.25) is 10.0 Å². The molecular weight excluding hydrogens is 384 g/mol. The molecule has 2 aromatic rings. The third-order valence-electron chi connectivity index (χ3n) is 4.82. The van der Waals surface area contributed by atoms with E-state index < -0.39 is 10.0 Å². The van der Waals surface area contributed by atoms with E-state index in [9.17, 15) is 13.2 Å². The second-order valence-corrected chi connectivity index (χ2v) is 10.3. The van der Waals surface area contributed by atoms with Crippen LogP contribution in [0.4, 0.5) is 0 Å². The summed E-state index contributed by atoms with van der Waals surface area (Å²) >= 11 is 1.47. The first-order valence-electron chi connectivity index (χ1n) is 9.04. The van der Waals surface area contributed by atoms with Crippen molar-refractivity contribution in [3.05, 3.63) is 33.3 Å². The molecule has 7 nitrogen and oxygen atoms in total. The predicted octanol–water partition coefficient (Wildman–Crippen LogP) is 2.60. The van der Waals surface area contributed by atoms with Gasteiger partial charge in [-0.25, -0.2) is 8.42 Å². The molecule has 0 radical (unpaired) electrons. The highest BCUT2D eigenvalue weighted by Gasteiger charge is 2.34. The highest BCUT2D eigenvalue weighted by molar-refractivity contribution is 7.89. The largest absolute Gasteiger partial charge is 0.335 e. The number of sulfonamides is 1. The molecule has 0 unspecified atom stereocenters. The fourth-order valence-electron chi connectivity index (χ4n) is 3.49. The van der Waals surface area contributed by atoms with Crippen LogP contribution in [0.5, 0.6) is 0 Å². The fraction of sp³-hybridized carbons (Fsp3) is 0.556. The molecule has 0 spiro atoms. The van der Waals surface area contributed by atoms with E-state index in [0.717, 1.165) is 4.88 Å². The first kappa shape index (κ1) is 20.0. The van der Waals surface area contributed by atoms with Crippen molar-refractivity contribution in [3.63, 3.8) is 0 Å². The Kier molecular flexibility index (Phi) is 5.47. The van der Waals surface area contributed by atoms with E-state index in [1.165, 1.54) is 15.6 Å². The van der Waals surface area contributed by atoms with Gasteiger partial charge >= 0.3 is 0 Å². The van der Waals surface area contributed by atoms with Crippen molar-refractivity contribution in [1.82, 2.24) is 19.0 Å². The number of nitrogens with zero attached hydrogens (tertiary/aromatic N) is 4. The Labute approximate surface area is 164 Å². The Morgan fingerprint density at radius 1 is 1.11 bits per heavy atom. The summed E-state index contributed by atoms with van der Waals surface area (Å²) in [7, 11) is -3.63. The summed E-state index contributed by atoms with van der Waals surface area (Å²) in [6, 6.07) is 3.85. The first-order chi connectivity index (χ1) is 12.6. The number of hydrogen-bond acceptors (Lipinski definition) is 5. The molecule has 0 atom stereocenters. The minimum atomic E-state index is -3.63. The van der Waals surface area contributed by atoms with Gasteiger partial charge in [-0.2, -0.15) is 9.40 Å². The van der Waals surface area contributed by atoms with Crippen LogP contribution in [0.1, 0.15) is 45.8 Å². The molecule has 1 amide bonds. The Balaban J connectivity index is 1.77. The monoisotopic (exact) mass is 410 g/mol. The molecule has 9 heteroatoms. The predicted molar refractivity (Wildman–Crippen MR) is 106 cm³/mol. The van der Waals surface area contributed by atoms with Crippen LogP contribution in [0.25, 0.3) is 0 Å². The number of piperazine rings is 1. The van der Waals surface area contributed by atoms with Crippen molar-refractivity contribution >= 4 is 27.3 Å². The van der Waals surface area contributed by atoms with Gasteiger partial charge in [-0.05, 0) is 46.8 Å². The first-order valence-corrected chi connectivity index (χ1v) is 11.3. The fourth-order valence-corrected chi connectivity index (χ4v) is 6.11. The average molecular weight is 411 g/mol. The lowest BCUT2D eigenvalue weighted by Crippen LogP contribution is -2.50. The molecule has 1 aliphatic heterocycles. The number of aryl methyl sites for hydroxylation is 2. The molecule has 0 bridgehead atoms. The van der Waals surface area contributed by atoms with Crippen molar-refractivity contribution < 1.29 is 13.2 Å². The zero-order valence-corrected chi connectivity index (χ0v) is 18.0. The lowest BCUT2D eigenvalue weighted by Gasteiger charge is -2.33. The molecule has 2 aromatic heterocycles. The molecule has 1 saturated heterocycles. The summed E-state index contributed by atoms with van der Waals surface area (Å²) in [5, 5.41) is 4.40. The maximum Gasteiger partial charge on any atom is 0.264 e. The number of carbonyl (C=O) groups is 1. The maximum atomic E-state index is 13.2. The van der Waals surface area contributed by atoms with E-state index in [4.69, 9.17) is 0 Å². The van der Waals surface area contributed by atoms with E-state index in [1.54, 1.807) is 23.4 Å². The third-order valence-corrected chi connectivity index (χ3v) is 7.96. The molecule has 0 aromatic carbocycles. The molecule has 1 aliphatic rings. The number of thiophene rings is 1. The number of carbonyl (C=O) groups excluding carboxylic acids is 1. The lowest BCUT2D eigenvalue weighted by atomic mass is 10.3. The number of aromatic nitrogens is 2. The van der Waals surface area contributed by atoms with E-state index in [1.807, 2.05) is 32.9 Å². The van der Waals surface area contributed by atoms with Gasteiger partial charge in [0.15, 0.2) is 0 Å². The molecule has 3 rings (SSSR count). The SMILES string of the molecule is Cc1ccc(C(=O)N2CCN(S(=O)(=O)c3c(C)nn(C(C)C)c3C)CC2)s1. The van der Waals surface area contributed by atoms with Crippen LogP contribution in [0, 0.1) is 20.8 Å². The lowest BCUT2D eigenvalue weighted by molar-refractivity contribution is 0.0702. The molecule has 0 saturated carbocycles. The second-order valence-electron chi connectivity index (χ2n) is 7.14. The summed E-state index contributed by atoms with van der Waals surface area (Å²) < 4.78 is 29.6. The summed E-state index contributed by atoms with van der Waals surface area (Å²) in [4.78, 5) is 16.4. The molecule has 0 aliphatic carbocycles. The number of amides is 1. The van der Waals surface area contributed by atoms with Gasteiger partial charge in [0.05, 0.1) is 16.3 Å². The van der Waals surface area contributed by atoms with E-state index >= 15 is 0 Å². The van der Waals surface area contributed by atoms with E-state index in [-0.39, 0.29) is 11.9 Å². The highest BCUT2D eigenvalue weighted by Crippen LogP contribution is 2.27. The van der Waals surface area contributed by atoms with Crippen LogP contribution < -0.4 is 0 Å². The summed E-state index contributed by atoms with van der Waals surface area (Å²) in [6.45, 7) is 10.8. The average Bonchev–Trinajstić information content (AvgIpc) is 3.17. The topological polar surface area (TPSA) is 75.5 Å². The van der Waals surface area contributed by atoms with Crippen molar-refractivity contribution in [2.24, 2.45) is 0 Å². The third kappa shape index (κ3) is 3.68. The van der Waals surface area contributed by atoms with Gasteiger partial charge in [0, 0.05) is 37.1 Å². The smallest absolute Gasteiger partial charge is 0.264 e. The summed E-state index contributed by atoms with van der Waals surface area (Å²) in [6.07, 6.45) is 0. The molecule has 3 heterocycles. The van der Waals surface area contributed by atoms with Crippen LogP contribution in [-0.4, -0.2) is 59.5 Å². The Bertz CT molecular complexity index is 951. The van der Waals surface area contributed by atoms with Gasteiger partial charge in [-0.15, -0.1) is 11.3 Å². The quantitative estimate of drug-likeness (QED) is 0.776. The van der Waals surface area contributed by atoms with Crippen molar-refractivity contribution in [3.8, 4) is 0 Å². The molecule has 0 N–H and O–H groups in total. The molecule has 1 fully saturated rings. The molecule has 148 valence electrons. The van der Waals surface area contributed by atoms with Crippen LogP contribution in [0.15, 0.2) is 17.0 Å². The standard InChI is InChI=1S/C18H26N4O3S2/c1-12(2)22-15(5)17(14(4)19-22)27(24,25)21-10-8-20(9-11-21)18(23)16-7-6-13(3)26-16/h6-7,12H,8-11H2,1-5H3. The minimum Gasteiger partial charge on any atom is -0.335 e. The van der Waals surface area contributed by atoms with E-state index in [2.05, 4.69) is 5.10 Å². The van der Waals surface area contributed by atoms with Gasteiger partial charge in [0.25, 0.3) is 5.91 Å². The van der Waals surface area contributed by atoms with Gasteiger partial charge in [0.1, 0.15) is 4.90 Å². The maximum absolute atomic E-state index is 13.2. The van der Waals surface area contributed by atoms with Gasteiger partial charge in [-0.1, -0.05) is 0 Å². The molecular formula is C18H26N4O3S2. The summed E-state index contributed by atoms with van der Waals surface area (Å²) in [5.74, 6) is -0.0230. The second kappa shape index (κ2) is 7.37. The normalized spacial score (nSPS) is 16.3. The highest BCUT2D eigenvalue weighted by atomic mass is 32.2. The van der Waals surface area contributed by atoms with Gasteiger partial charge < -0.3 is 4.90 Å². The number of rotatable bonds is 4. The Morgan fingerprint density at radius 3 is 2.22 bits per heavy atom. The van der Waals surface area contributed by atoms with Crippen molar-refractivity contribution in [2.75, 3.05) is 26.2 Å². The van der Waals surface area contributed by atoms with Crippen LogP contribution >= 0.6 is 11.3 Å². The van der Waals surface area contributed by atoms with Crippen LogP contribution in [0.3, 0.4) is 0 Å². The zero-order valence-electron chi connectivity index (χ0n) is 16.4. The Morgan fingerprint density at radius 2 is 1.74 bits per heavy atom. The van der Waals surface area contributed by atoms with Crippen LogP contribution in [0.2, 0.25) is 0 Å². The number of hydrogen-bond donors (Lipinski definition) is 0. The van der Waals surface area contributed by atoms with Gasteiger partial charge in [-0.3, -0.25) is 9.48 Å². The van der Waals surface area contributed by atoms with Crippen LogP contribution in [-0.2, 0) is 10.0 Å². The Hall–Kier alpha value is -1.71. The van der Waals surface area contributed by atoms with Crippen molar-refractivity contribution in [2.45, 2.75) is 45.6 Å².